The first kappa shape index (κ1) is 42.6. The molecule has 0 saturated carbocycles. The first-order chi connectivity index (χ1) is 23.2. The fraction of sp³-hybridized carbons (Fsp3) is 0.757. The molecule has 3 amide bonds. The standard InChI is InChI=1S/C37H64N4O7S/c1-26(2)28(25-39-34(43)29-13-9-10-14-33(29)47-20-12-11-19-46-8)23-31(40-36(45)48-37(5,6)7)32(42)24-30(27(3)4)35(44)38-15-16-41-17-21-49-22-18-41/h9-10,13-14,26-28,30-32,42H,11-12,15-25H2,1-8H3,(H,38,44)(H,39,43)(H,40,45). The van der Waals surface area contributed by atoms with Gasteiger partial charge >= 0.3 is 6.09 Å². The van der Waals surface area contributed by atoms with Gasteiger partial charge in [0.25, 0.3) is 5.91 Å². The highest BCUT2D eigenvalue weighted by Gasteiger charge is 2.33. The molecule has 0 bridgehead atoms. The zero-order chi connectivity index (χ0) is 36.4. The highest BCUT2D eigenvalue weighted by atomic mass is 32.2. The third kappa shape index (κ3) is 16.8. The van der Waals surface area contributed by atoms with Crippen LogP contribution < -0.4 is 20.7 Å². The van der Waals surface area contributed by atoms with Gasteiger partial charge in [-0.1, -0.05) is 39.8 Å². The summed E-state index contributed by atoms with van der Waals surface area (Å²) in [6.07, 6.45) is 0.571. The lowest BCUT2D eigenvalue weighted by Gasteiger charge is -2.33. The number of carbonyl (C=O) groups excluding carboxylic acids is 3. The highest BCUT2D eigenvalue weighted by molar-refractivity contribution is 7.99. The Morgan fingerprint density at radius 3 is 2.27 bits per heavy atom. The van der Waals surface area contributed by atoms with Crippen molar-refractivity contribution in [1.82, 2.24) is 20.9 Å². The van der Waals surface area contributed by atoms with E-state index >= 15 is 0 Å². The van der Waals surface area contributed by atoms with Crippen LogP contribution in [0.2, 0.25) is 0 Å². The summed E-state index contributed by atoms with van der Waals surface area (Å²) in [6, 6.07) is 6.46. The number of para-hydroxylation sites is 1. The van der Waals surface area contributed by atoms with Crippen molar-refractivity contribution in [2.75, 3.05) is 64.6 Å². The molecular weight excluding hydrogens is 644 g/mol. The van der Waals surface area contributed by atoms with E-state index in [0.717, 1.165) is 44.0 Å². The number of unbranched alkanes of at least 4 members (excludes halogenated alkanes) is 1. The number of methoxy groups -OCH3 is 1. The predicted octanol–water partition coefficient (Wildman–Crippen LogP) is 4.97. The minimum Gasteiger partial charge on any atom is -0.493 e. The molecule has 1 aliphatic rings. The Morgan fingerprint density at radius 1 is 0.959 bits per heavy atom. The number of alkyl carbamates (subject to hydrolysis) is 1. The summed E-state index contributed by atoms with van der Waals surface area (Å²) in [7, 11) is 1.67. The third-order valence-electron chi connectivity index (χ3n) is 8.79. The second kappa shape index (κ2) is 22.3. The molecule has 1 aromatic rings. The second-order valence-electron chi connectivity index (χ2n) is 14.6. The van der Waals surface area contributed by atoms with Crippen molar-refractivity contribution in [2.24, 2.45) is 23.7 Å². The van der Waals surface area contributed by atoms with Crippen LogP contribution in [0.15, 0.2) is 24.3 Å². The third-order valence-corrected chi connectivity index (χ3v) is 9.73. The molecule has 0 aliphatic carbocycles. The van der Waals surface area contributed by atoms with Crippen LogP contribution in [0.1, 0.15) is 84.5 Å². The molecule has 4 atom stereocenters. The second-order valence-corrected chi connectivity index (χ2v) is 15.9. The van der Waals surface area contributed by atoms with Gasteiger partial charge in [-0.05, 0) is 76.3 Å². The average Bonchev–Trinajstić information content (AvgIpc) is 3.04. The Morgan fingerprint density at radius 2 is 1.63 bits per heavy atom. The largest absolute Gasteiger partial charge is 0.493 e. The molecule has 1 fully saturated rings. The number of benzene rings is 1. The van der Waals surface area contributed by atoms with Gasteiger partial charge in [-0.15, -0.1) is 0 Å². The van der Waals surface area contributed by atoms with Crippen molar-refractivity contribution in [2.45, 2.75) is 91.9 Å². The van der Waals surface area contributed by atoms with Crippen molar-refractivity contribution < 1.29 is 33.7 Å². The predicted molar refractivity (Wildman–Crippen MR) is 197 cm³/mol. The van der Waals surface area contributed by atoms with Gasteiger partial charge < -0.3 is 35.3 Å². The van der Waals surface area contributed by atoms with Gasteiger partial charge in [-0.25, -0.2) is 4.79 Å². The van der Waals surface area contributed by atoms with Crippen LogP contribution in [0.3, 0.4) is 0 Å². The van der Waals surface area contributed by atoms with E-state index in [1.807, 2.05) is 31.7 Å². The van der Waals surface area contributed by atoms with Crippen molar-refractivity contribution >= 4 is 29.7 Å². The Bertz CT molecular complexity index is 1120. The lowest BCUT2D eigenvalue weighted by Crippen LogP contribution is -2.49. The molecule has 1 aromatic carbocycles. The number of rotatable bonds is 21. The quantitative estimate of drug-likeness (QED) is 0.131. The summed E-state index contributed by atoms with van der Waals surface area (Å²) in [5.41, 5.74) is -0.275. The average molecular weight is 709 g/mol. The van der Waals surface area contributed by atoms with Crippen LogP contribution in [0.4, 0.5) is 4.79 Å². The zero-order valence-electron chi connectivity index (χ0n) is 31.2. The fourth-order valence-corrected chi connectivity index (χ4v) is 6.70. The Hall–Kier alpha value is -2.54. The molecule has 0 radical (unpaired) electrons. The number of aliphatic hydroxyl groups is 1. The summed E-state index contributed by atoms with van der Waals surface area (Å²) in [5.74, 6) is 1.93. The van der Waals surface area contributed by atoms with E-state index in [2.05, 4.69) is 34.7 Å². The lowest BCUT2D eigenvalue weighted by molar-refractivity contribution is -0.127. The topological polar surface area (TPSA) is 138 Å². The van der Waals surface area contributed by atoms with Crippen molar-refractivity contribution in [3.8, 4) is 5.75 Å². The zero-order valence-corrected chi connectivity index (χ0v) is 32.0. The number of thioether (sulfide) groups is 1. The molecule has 1 saturated heterocycles. The summed E-state index contributed by atoms with van der Waals surface area (Å²) < 4.78 is 16.6. The molecule has 1 heterocycles. The summed E-state index contributed by atoms with van der Waals surface area (Å²) in [5, 5.41) is 20.7. The minimum atomic E-state index is -1.02. The Balaban J connectivity index is 2.12. The molecule has 2 rings (SSSR count). The van der Waals surface area contributed by atoms with Gasteiger partial charge in [0.15, 0.2) is 0 Å². The summed E-state index contributed by atoms with van der Waals surface area (Å²) in [6.45, 7) is 18.3. The van der Waals surface area contributed by atoms with Gasteiger partial charge in [0.1, 0.15) is 11.4 Å². The van der Waals surface area contributed by atoms with Gasteiger partial charge in [0, 0.05) is 63.9 Å². The molecule has 0 aromatic heterocycles. The van der Waals surface area contributed by atoms with Crippen LogP contribution in [0.25, 0.3) is 0 Å². The Labute approximate surface area is 299 Å². The first-order valence-electron chi connectivity index (χ1n) is 18.0. The van der Waals surface area contributed by atoms with E-state index in [9.17, 15) is 19.5 Å². The first-order valence-corrected chi connectivity index (χ1v) is 19.1. The van der Waals surface area contributed by atoms with Gasteiger partial charge in [0.2, 0.25) is 5.91 Å². The smallest absolute Gasteiger partial charge is 0.407 e. The molecule has 1 aliphatic heterocycles. The van der Waals surface area contributed by atoms with Crippen LogP contribution in [0, 0.1) is 23.7 Å². The number of carbonyl (C=O) groups is 3. The number of ether oxygens (including phenoxy) is 3. The number of hydrogen-bond acceptors (Lipinski definition) is 9. The molecule has 4 unspecified atom stereocenters. The molecule has 49 heavy (non-hydrogen) atoms. The van der Waals surface area contributed by atoms with Crippen LogP contribution >= 0.6 is 11.8 Å². The number of hydrogen-bond donors (Lipinski definition) is 4. The van der Waals surface area contributed by atoms with E-state index in [-0.39, 0.29) is 36.0 Å². The number of nitrogens with zero attached hydrogens (tertiary/aromatic N) is 1. The number of amides is 3. The molecule has 0 spiro atoms. The van der Waals surface area contributed by atoms with E-state index in [1.54, 1.807) is 46.1 Å². The number of nitrogens with one attached hydrogen (secondary N) is 3. The van der Waals surface area contributed by atoms with Crippen LogP contribution in [-0.4, -0.2) is 110 Å². The number of aliphatic hydroxyl groups excluding tert-OH is 1. The minimum absolute atomic E-state index is 0.0225. The molecule has 12 heteroatoms. The fourth-order valence-electron chi connectivity index (χ4n) is 5.72. The van der Waals surface area contributed by atoms with Crippen molar-refractivity contribution in [1.29, 1.82) is 0 Å². The molecule has 11 nitrogen and oxygen atoms in total. The lowest BCUT2D eigenvalue weighted by atomic mass is 9.82. The van der Waals surface area contributed by atoms with Gasteiger partial charge in [0.05, 0.1) is 24.3 Å². The molecule has 4 N–H and O–H groups in total. The van der Waals surface area contributed by atoms with E-state index < -0.39 is 29.8 Å². The maximum atomic E-state index is 13.4. The SMILES string of the molecule is COCCCCOc1ccccc1C(=O)NCC(CC(NC(=O)OC(C)(C)C)C(O)CC(C(=O)NCCN1CCSCC1)C(C)C)C(C)C. The maximum absolute atomic E-state index is 13.4. The van der Waals surface area contributed by atoms with Crippen LogP contribution in [-0.2, 0) is 14.3 Å². The maximum Gasteiger partial charge on any atom is 0.407 e. The van der Waals surface area contributed by atoms with Gasteiger partial charge in [-0.3, -0.25) is 14.5 Å². The van der Waals surface area contributed by atoms with Gasteiger partial charge in [-0.2, -0.15) is 11.8 Å². The normalized spacial score (nSPS) is 16.5. The molecule has 280 valence electrons. The Kier molecular flexibility index (Phi) is 19.4. The summed E-state index contributed by atoms with van der Waals surface area (Å²) in [4.78, 5) is 42.1. The van der Waals surface area contributed by atoms with E-state index in [0.29, 0.717) is 44.0 Å². The monoisotopic (exact) mass is 708 g/mol. The van der Waals surface area contributed by atoms with E-state index in [1.165, 1.54) is 0 Å². The van der Waals surface area contributed by atoms with E-state index in [4.69, 9.17) is 14.2 Å². The van der Waals surface area contributed by atoms with Crippen LogP contribution in [0.5, 0.6) is 5.75 Å². The molecular formula is C37H64N4O7S. The van der Waals surface area contributed by atoms with Crippen molar-refractivity contribution in [3.63, 3.8) is 0 Å². The highest BCUT2D eigenvalue weighted by Crippen LogP contribution is 2.25. The summed E-state index contributed by atoms with van der Waals surface area (Å²) >= 11 is 1.95. The van der Waals surface area contributed by atoms with Crippen molar-refractivity contribution in [3.05, 3.63) is 29.8 Å².